The van der Waals surface area contributed by atoms with E-state index in [1.54, 1.807) is 4.90 Å². The minimum Gasteiger partial charge on any atom is -0.441 e. The van der Waals surface area contributed by atoms with Crippen molar-refractivity contribution in [2.45, 2.75) is 19.4 Å². The molecule has 1 aliphatic carbocycles. The van der Waals surface area contributed by atoms with Crippen molar-refractivity contribution in [3.8, 4) is 0 Å². The van der Waals surface area contributed by atoms with Gasteiger partial charge in [0, 0.05) is 61.7 Å². The first-order chi connectivity index (χ1) is 13.7. The number of ether oxygens (including phenoxy) is 2. The minimum absolute atomic E-state index is 0.0858. The van der Waals surface area contributed by atoms with Crippen LogP contribution in [0.15, 0.2) is 22.9 Å². The monoisotopic (exact) mass is 382 g/mol. The highest BCUT2D eigenvalue weighted by Gasteiger charge is 2.29. The van der Waals surface area contributed by atoms with E-state index in [2.05, 4.69) is 21.1 Å². The normalized spacial score (nSPS) is 19.2. The molecular formula is C20H22N4O4. The van der Waals surface area contributed by atoms with Crippen molar-refractivity contribution in [2.24, 2.45) is 0 Å². The van der Waals surface area contributed by atoms with E-state index >= 15 is 0 Å². The number of carbonyl (C=O) groups excluding carboxylic acids is 1. The molecule has 0 aromatic carbocycles. The quantitative estimate of drug-likeness (QED) is 0.804. The third-order valence-electron chi connectivity index (χ3n) is 5.42. The molecule has 5 rings (SSSR count). The highest BCUT2D eigenvalue weighted by molar-refractivity contribution is 5.90. The van der Waals surface area contributed by atoms with Gasteiger partial charge < -0.3 is 23.8 Å². The number of anilines is 1. The lowest BCUT2D eigenvalue weighted by atomic mass is 10.1. The summed E-state index contributed by atoms with van der Waals surface area (Å²) in [5, 5.41) is 3.99. The summed E-state index contributed by atoms with van der Waals surface area (Å²) in [6.07, 6.45) is 4.42. The van der Waals surface area contributed by atoms with E-state index in [1.807, 2.05) is 25.3 Å². The smallest absolute Gasteiger partial charge is 0.410 e. The molecule has 1 amide bonds. The largest absolute Gasteiger partial charge is 0.441 e. The molecule has 2 fully saturated rings. The number of amides is 1. The molecule has 2 aromatic rings. The lowest BCUT2D eigenvalue weighted by Crippen LogP contribution is -2.51. The van der Waals surface area contributed by atoms with Gasteiger partial charge in [-0.15, -0.1) is 0 Å². The molecule has 2 aliphatic heterocycles. The Hall–Kier alpha value is -2.87. The summed E-state index contributed by atoms with van der Waals surface area (Å²) < 4.78 is 15.9. The van der Waals surface area contributed by atoms with E-state index in [1.165, 1.54) is 0 Å². The van der Waals surface area contributed by atoms with Gasteiger partial charge >= 0.3 is 6.09 Å². The van der Waals surface area contributed by atoms with E-state index in [9.17, 15) is 4.79 Å². The molecule has 0 bridgehead atoms. The zero-order chi connectivity index (χ0) is 19.1. The van der Waals surface area contributed by atoms with Gasteiger partial charge in [0.05, 0.1) is 24.6 Å². The first-order valence-corrected chi connectivity index (χ1v) is 9.58. The Bertz CT molecular complexity index is 926. The van der Waals surface area contributed by atoms with Crippen molar-refractivity contribution >= 4 is 23.4 Å². The van der Waals surface area contributed by atoms with Gasteiger partial charge in [-0.3, -0.25) is 4.98 Å². The number of piperazine rings is 1. The van der Waals surface area contributed by atoms with Crippen LogP contribution in [-0.4, -0.2) is 66.6 Å². The summed E-state index contributed by atoms with van der Waals surface area (Å²) in [5.41, 5.74) is 5.30. The fourth-order valence-electron chi connectivity index (χ4n) is 3.79. The Morgan fingerprint density at radius 1 is 1.25 bits per heavy atom. The number of hydrogen-bond donors (Lipinski definition) is 0. The maximum atomic E-state index is 12.2. The predicted molar refractivity (Wildman–Crippen MR) is 102 cm³/mol. The second-order valence-electron chi connectivity index (χ2n) is 7.39. The Morgan fingerprint density at radius 2 is 2.07 bits per heavy atom. The molecule has 0 atom stereocenters. The van der Waals surface area contributed by atoms with Crippen LogP contribution in [0.2, 0.25) is 0 Å². The number of rotatable bonds is 3. The molecule has 0 radical (unpaired) electrons. The Morgan fingerprint density at radius 3 is 2.75 bits per heavy atom. The second kappa shape index (κ2) is 6.94. The first kappa shape index (κ1) is 17.2. The van der Waals surface area contributed by atoms with Gasteiger partial charge in [-0.25, -0.2) is 4.79 Å². The number of hydrogen-bond acceptors (Lipinski definition) is 7. The predicted octanol–water partition coefficient (Wildman–Crippen LogP) is 2.13. The number of fused-ring (bicyclic) bond motifs is 1. The van der Waals surface area contributed by atoms with Gasteiger partial charge in [0.2, 0.25) is 0 Å². The van der Waals surface area contributed by atoms with E-state index in [0.29, 0.717) is 26.3 Å². The van der Waals surface area contributed by atoms with Crippen LogP contribution in [0.1, 0.15) is 22.7 Å². The van der Waals surface area contributed by atoms with Crippen molar-refractivity contribution in [3.05, 3.63) is 41.0 Å². The SMILES string of the molecule is Cc1cc(C2=Cc3c(N4CCN(C(=O)OC5COC5)CC4)ccnc3C2)on1. The maximum absolute atomic E-state index is 12.2. The molecule has 0 saturated carbocycles. The van der Waals surface area contributed by atoms with E-state index in [0.717, 1.165) is 53.5 Å². The molecule has 146 valence electrons. The molecule has 3 aliphatic rings. The average Bonchev–Trinajstić information content (AvgIpc) is 3.30. The lowest BCUT2D eigenvalue weighted by Gasteiger charge is -2.37. The number of pyridine rings is 1. The third kappa shape index (κ3) is 3.13. The Labute approximate surface area is 162 Å². The Kier molecular flexibility index (Phi) is 4.27. The Balaban J connectivity index is 1.29. The highest BCUT2D eigenvalue weighted by Crippen LogP contribution is 2.36. The zero-order valence-electron chi connectivity index (χ0n) is 15.8. The average molecular weight is 382 g/mol. The lowest BCUT2D eigenvalue weighted by molar-refractivity contribution is -0.104. The summed E-state index contributed by atoms with van der Waals surface area (Å²) in [6, 6.07) is 4.00. The zero-order valence-corrected chi connectivity index (χ0v) is 15.8. The minimum atomic E-state index is -0.240. The fourth-order valence-corrected chi connectivity index (χ4v) is 3.79. The van der Waals surface area contributed by atoms with Crippen molar-refractivity contribution in [3.63, 3.8) is 0 Å². The number of aryl methyl sites for hydroxylation is 1. The fraction of sp³-hybridized carbons (Fsp3) is 0.450. The van der Waals surface area contributed by atoms with Crippen molar-refractivity contribution in [1.29, 1.82) is 0 Å². The maximum Gasteiger partial charge on any atom is 0.410 e. The van der Waals surface area contributed by atoms with Crippen LogP contribution in [0.3, 0.4) is 0 Å². The van der Waals surface area contributed by atoms with Gasteiger partial charge in [-0.1, -0.05) is 5.16 Å². The van der Waals surface area contributed by atoms with Gasteiger partial charge in [0.25, 0.3) is 0 Å². The first-order valence-electron chi connectivity index (χ1n) is 9.58. The van der Waals surface area contributed by atoms with E-state index in [4.69, 9.17) is 14.0 Å². The van der Waals surface area contributed by atoms with Gasteiger partial charge in [0.15, 0.2) is 11.9 Å². The van der Waals surface area contributed by atoms with E-state index < -0.39 is 0 Å². The van der Waals surface area contributed by atoms with Crippen LogP contribution >= 0.6 is 0 Å². The highest BCUT2D eigenvalue weighted by atomic mass is 16.6. The summed E-state index contributed by atoms with van der Waals surface area (Å²) in [4.78, 5) is 20.9. The van der Waals surface area contributed by atoms with Crippen LogP contribution in [0.5, 0.6) is 0 Å². The van der Waals surface area contributed by atoms with Crippen molar-refractivity contribution in [1.82, 2.24) is 15.0 Å². The standard InChI is InChI=1S/C20H22N4O4/c1-13-8-19(28-22-13)14-9-16-17(10-14)21-3-2-18(16)23-4-6-24(7-5-23)20(25)27-15-11-26-12-15/h2-3,8-9,15H,4-7,10-12H2,1H3. The summed E-state index contributed by atoms with van der Waals surface area (Å²) >= 11 is 0. The third-order valence-corrected chi connectivity index (χ3v) is 5.42. The molecule has 8 heteroatoms. The van der Waals surface area contributed by atoms with Crippen LogP contribution in [0, 0.1) is 6.92 Å². The topological polar surface area (TPSA) is 80.9 Å². The molecule has 2 aromatic heterocycles. The summed E-state index contributed by atoms with van der Waals surface area (Å²) in [6.45, 7) is 5.74. The van der Waals surface area contributed by atoms with Gasteiger partial charge in [-0.05, 0) is 19.1 Å². The summed E-state index contributed by atoms with van der Waals surface area (Å²) in [7, 11) is 0. The van der Waals surface area contributed by atoms with Crippen molar-refractivity contribution in [2.75, 3.05) is 44.3 Å². The molecule has 8 nitrogen and oxygen atoms in total. The number of allylic oxidation sites excluding steroid dienone is 1. The van der Waals surface area contributed by atoms with Crippen LogP contribution < -0.4 is 4.90 Å². The molecule has 0 unspecified atom stereocenters. The number of carbonyl (C=O) groups is 1. The number of nitrogens with zero attached hydrogens (tertiary/aromatic N) is 4. The molecule has 2 saturated heterocycles. The van der Waals surface area contributed by atoms with Crippen LogP contribution in [0.4, 0.5) is 10.5 Å². The van der Waals surface area contributed by atoms with Gasteiger partial charge in [-0.2, -0.15) is 0 Å². The van der Waals surface area contributed by atoms with Crippen LogP contribution in [0.25, 0.3) is 11.6 Å². The van der Waals surface area contributed by atoms with Crippen molar-refractivity contribution < 1.29 is 18.8 Å². The molecule has 4 heterocycles. The molecular weight excluding hydrogens is 360 g/mol. The van der Waals surface area contributed by atoms with Gasteiger partial charge in [0.1, 0.15) is 0 Å². The van der Waals surface area contributed by atoms with Crippen LogP contribution in [-0.2, 0) is 15.9 Å². The van der Waals surface area contributed by atoms with E-state index in [-0.39, 0.29) is 12.2 Å². The molecule has 28 heavy (non-hydrogen) atoms. The second-order valence-corrected chi connectivity index (χ2v) is 7.39. The molecule has 0 N–H and O–H groups in total. The summed E-state index contributed by atoms with van der Waals surface area (Å²) in [5.74, 6) is 0.800. The number of aromatic nitrogens is 2. The molecule has 0 spiro atoms.